The van der Waals surface area contributed by atoms with E-state index in [4.69, 9.17) is 18.9 Å². The monoisotopic (exact) mass is 415 g/mol. The minimum absolute atomic E-state index is 0.264. The molecular formula is C20H21N3O5S. The summed E-state index contributed by atoms with van der Waals surface area (Å²) in [5.74, 6) is 1.93. The highest BCUT2D eigenvalue weighted by atomic mass is 32.1. The zero-order valence-electron chi connectivity index (χ0n) is 16.8. The first-order valence-electron chi connectivity index (χ1n) is 8.60. The van der Waals surface area contributed by atoms with Gasteiger partial charge >= 0.3 is 0 Å². The fourth-order valence-electron chi connectivity index (χ4n) is 2.68. The molecule has 1 heterocycles. The second kappa shape index (κ2) is 8.78. The maximum absolute atomic E-state index is 12.2. The molecule has 0 N–H and O–H groups in total. The van der Waals surface area contributed by atoms with E-state index in [0.29, 0.717) is 27.9 Å². The molecule has 2 aromatic carbocycles. The number of aromatic nitrogens is 1. The summed E-state index contributed by atoms with van der Waals surface area (Å²) in [6.07, 6.45) is 1.54. The minimum Gasteiger partial charge on any atom is -0.497 e. The van der Waals surface area contributed by atoms with E-state index in [-0.39, 0.29) is 5.91 Å². The Morgan fingerprint density at radius 2 is 1.72 bits per heavy atom. The van der Waals surface area contributed by atoms with Crippen molar-refractivity contribution in [2.24, 2.45) is 5.10 Å². The van der Waals surface area contributed by atoms with E-state index < -0.39 is 0 Å². The summed E-state index contributed by atoms with van der Waals surface area (Å²) in [5, 5.41) is 6.04. The summed E-state index contributed by atoms with van der Waals surface area (Å²) in [6, 6.07) is 9.02. The normalized spacial score (nSPS) is 10.9. The van der Waals surface area contributed by atoms with Crippen LogP contribution in [0.2, 0.25) is 0 Å². The Balaban J connectivity index is 1.97. The van der Waals surface area contributed by atoms with Gasteiger partial charge in [0.1, 0.15) is 5.75 Å². The van der Waals surface area contributed by atoms with Crippen molar-refractivity contribution in [2.75, 3.05) is 33.4 Å². The second-order valence-corrected chi connectivity index (χ2v) is 6.87. The van der Waals surface area contributed by atoms with Gasteiger partial charge in [-0.1, -0.05) is 11.3 Å². The van der Waals surface area contributed by atoms with Crippen LogP contribution in [0.3, 0.4) is 0 Å². The number of ether oxygens (including phenoxy) is 4. The minimum atomic E-state index is -0.264. The van der Waals surface area contributed by atoms with Crippen LogP contribution in [0.1, 0.15) is 12.5 Å². The van der Waals surface area contributed by atoms with E-state index in [1.807, 2.05) is 18.2 Å². The first-order chi connectivity index (χ1) is 14.0. The highest BCUT2D eigenvalue weighted by molar-refractivity contribution is 7.22. The molecule has 0 unspecified atom stereocenters. The number of nitrogens with zero attached hydrogens (tertiary/aromatic N) is 3. The Labute approximate surface area is 172 Å². The fourth-order valence-corrected chi connectivity index (χ4v) is 3.67. The average Bonchev–Trinajstić information content (AvgIpc) is 3.15. The summed E-state index contributed by atoms with van der Waals surface area (Å²) in [4.78, 5) is 16.7. The lowest BCUT2D eigenvalue weighted by Gasteiger charge is -2.13. The Hall–Kier alpha value is -3.33. The van der Waals surface area contributed by atoms with Crippen molar-refractivity contribution in [3.05, 3.63) is 35.9 Å². The number of amides is 1. The molecular weight excluding hydrogens is 394 g/mol. The zero-order valence-corrected chi connectivity index (χ0v) is 17.6. The quantitative estimate of drug-likeness (QED) is 0.432. The van der Waals surface area contributed by atoms with Crippen LogP contribution >= 0.6 is 11.3 Å². The number of hydrogen-bond donors (Lipinski definition) is 0. The van der Waals surface area contributed by atoms with Gasteiger partial charge in [0.2, 0.25) is 16.8 Å². The topological polar surface area (TPSA) is 82.5 Å². The summed E-state index contributed by atoms with van der Waals surface area (Å²) in [7, 11) is 6.21. The molecule has 1 amide bonds. The number of hydrogen-bond acceptors (Lipinski definition) is 8. The smallest absolute Gasteiger partial charge is 0.246 e. The number of carbonyl (C=O) groups is 1. The molecule has 3 aromatic rings. The molecule has 0 aliphatic heterocycles. The van der Waals surface area contributed by atoms with Gasteiger partial charge in [0, 0.05) is 12.5 Å². The van der Waals surface area contributed by atoms with Gasteiger partial charge in [0.15, 0.2) is 11.5 Å². The molecule has 0 saturated carbocycles. The van der Waals surface area contributed by atoms with Crippen molar-refractivity contribution in [1.82, 2.24) is 4.98 Å². The molecule has 3 rings (SSSR count). The highest BCUT2D eigenvalue weighted by Crippen LogP contribution is 2.38. The molecule has 152 valence electrons. The SMILES string of the molecule is COc1ccc2nc(N(/N=C/c3cc(OC)c(OC)c(OC)c3)C(C)=O)sc2c1. The molecule has 8 nitrogen and oxygen atoms in total. The first-order valence-corrected chi connectivity index (χ1v) is 9.41. The number of fused-ring (bicyclic) bond motifs is 1. The van der Waals surface area contributed by atoms with Gasteiger partial charge in [-0.3, -0.25) is 4.79 Å². The van der Waals surface area contributed by atoms with Crippen LogP contribution in [-0.4, -0.2) is 45.5 Å². The van der Waals surface area contributed by atoms with Gasteiger partial charge < -0.3 is 18.9 Å². The maximum atomic E-state index is 12.2. The summed E-state index contributed by atoms with van der Waals surface area (Å²) in [6.45, 7) is 1.43. The van der Waals surface area contributed by atoms with E-state index in [9.17, 15) is 4.79 Å². The van der Waals surface area contributed by atoms with Crippen molar-refractivity contribution in [1.29, 1.82) is 0 Å². The standard InChI is InChI=1S/C20H21N3O5S/c1-12(24)23(20-22-15-7-6-14(25-2)10-18(15)29-20)21-11-13-8-16(26-3)19(28-5)17(9-13)27-4/h6-11H,1-5H3/b21-11+. The van der Waals surface area contributed by atoms with Gasteiger partial charge in [0.25, 0.3) is 0 Å². The molecule has 9 heteroatoms. The number of hydrazone groups is 1. The lowest BCUT2D eigenvalue weighted by atomic mass is 10.2. The second-order valence-electron chi connectivity index (χ2n) is 5.86. The molecule has 0 aliphatic carbocycles. The predicted molar refractivity (Wildman–Crippen MR) is 113 cm³/mol. The molecule has 0 atom stereocenters. The van der Waals surface area contributed by atoms with Gasteiger partial charge in [-0.05, 0) is 30.3 Å². The van der Waals surface area contributed by atoms with E-state index in [2.05, 4.69) is 10.1 Å². The molecule has 0 radical (unpaired) electrons. The lowest BCUT2D eigenvalue weighted by molar-refractivity contribution is -0.116. The Bertz CT molecular complexity index is 1040. The third-order valence-corrected chi connectivity index (χ3v) is 5.07. The number of methoxy groups -OCH3 is 4. The van der Waals surface area contributed by atoms with Crippen LogP contribution in [0.15, 0.2) is 35.4 Å². The van der Waals surface area contributed by atoms with Crippen molar-refractivity contribution < 1.29 is 23.7 Å². The van der Waals surface area contributed by atoms with Crippen molar-refractivity contribution in [2.45, 2.75) is 6.92 Å². The number of thiazole rings is 1. The van der Waals surface area contributed by atoms with E-state index in [0.717, 1.165) is 16.0 Å². The van der Waals surface area contributed by atoms with E-state index in [1.54, 1.807) is 25.5 Å². The van der Waals surface area contributed by atoms with Crippen LogP contribution < -0.4 is 24.0 Å². The van der Waals surface area contributed by atoms with Gasteiger partial charge in [-0.15, -0.1) is 0 Å². The van der Waals surface area contributed by atoms with Crippen LogP contribution in [-0.2, 0) is 4.79 Å². The van der Waals surface area contributed by atoms with Crippen LogP contribution in [0, 0.1) is 0 Å². The predicted octanol–water partition coefficient (Wildman–Crippen LogP) is 3.72. The van der Waals surface area contributed by atoms with Gasteiger partial charge in [0.05, 0.1) is 44.9 Å². The van der Waals surface area contributed by atoms with Crippen LogP contribution in [0.25, 0.3) is 10.2 Å². The molecule has 0 saturated heterocycles. The lowest BCUT2D eigenvalue weighted by Crippen LogP contribution is -2.22. The fraction of sp³-hybridized carbons (Fsp3) is 0.250. The first kappa shape index (κ1) is 20.4. The van der Waals surface area contributed by atoms with E-state index in [1.165, 1.54) is 44.6 Å². The Kier molecular flexibility index (Phi) is 6.18. The molecule has 0 bridgehead atoms. The highest BCUT2D eigenvalue weighted by Gasteiger charge is 2.17. The zero-order chi connectivity index (χ0) is 21.0. The number of benzene rings is 2. The molecule has 0 spiro atoms. The molecule has 0 fully saturated rings. The Morgan fingerprint density at radius 3 is 2.28 bits per heavy atom. The van der Waals surface area contributed by atoms with Gasteiger partial charge in [-0.25, -0.2) is 4.98 Å². The molecule has 29 heavy (non-hydrogen) atoms. The summed E-state index contributed by atoms with van der Waals surface area (Å²) < 4.78 is 22.2. The van der Waals surface area contributed by atoms with Gasteiger partial charge in [-0.2, -0.15) is 10.1 Å². The van der Waals surface area contributed by atoms with Crippen molar-refractivity contribution in [3.8, 4) is 23.0 Å². The van der Waals surface area contributed by atoms with Crippen molar-refractivity contribution >= 4 is 38.8 Å². The average molecular weight is 415 g/mol. The molecule has 1 aromatic heterocycles. The number of rotatable bonds is 7. The van der Waals surface area contributed by atoms with Crippen LogP contribution in [0.5, 0.6) is 23.0 Å². The molecule has 0 aliphatic rings. The third kappa shape index (κ3) is 4.24. The Morgan fingerprint density at radius 1 is 1.03 bits per heavy atom. The van der Waals surface area contributed by atoms with E-state index >= 15 is 0 Å². The van der Waals surface area contributed by atoms with Crippen LogP contribution in [0.4, 0.5) is 5.13 Å². The summed E-state index contributed by atoms with van der Waals surface area (Å²) >= 11 is 1.35. The largest absolute Gasteiger partial charge is 0.497 e. The third-order valence-electron chi connectivity index (χ3n) is 4.07. The maximum Gasteiger partial charge on any atom is 0.246 e. The van der Waals surface area contributed by atoms with Crippen molar-refractivity contribution in [3.63, 3.8) is 0 Å². The summed E-state index contributed by atoms with van der Waals surface area (Å²) in [5.41, 5.74) is 1.44. The number of carbonyl (C=O) groups excluding carboxylic acids is 1. The number of anilines is 1.